The van der Waals surface area contributed by atoms with Gasteiger partial charge in [0.15, 0.2) is 46.1 Å². The van der Waals surface area contributed by atoms with E-state index in [2.05, 4.69) is 10.2 Å². The zero-order chi connectivity index (χ0) is 57.1. The summed E-state index contributed by atoms with van der Waals surface area (Å²) >= 11 is 0. The van der Waals surface area contributed by atoms with Crippen LogP contribution in [0.2, 0.25) is 0 Å². The summed E-state index contributed by atoms with van der Waals surface area (Å²) in [6, 6.07) is 26.3. The van der Waals surface area contributed by atoms with E-state index in [1.165, 1.54) is 24.3 Å². The predicted octanol–water partition coefficient (Wildman–Crippen LogP) is 10.7. The predicted molar refractivity (Wildman–Crippen MR) is 298 cm³/mol. The SMILES string of the molecule is COc1cc(C(=O)CC[C@](O)(c2cc3c(c(-c4ccc(F)cc4)n2)OC[C@]3(C)N)C2CC2)ccc1OC1CC1.COc1cc(C(=O)CC[C@](O)(c2cc3c(c(-c4ccc(F)cc4)n2)OC[C@]3(C)n2cnnc2)C2CC2)ccc1OC1CC1. The van der Waals surface area contributed by atoms with Crippen molar-refractivity contribution in [1.82, 2.24) is 24.7 Å². The number of methoxy groups -OCH3 is 2. The number of benzene rings is 4. The van der Waals surface area contributed by atoms with Gasteiger partial charge >= 0.3 is 0 Å². The number of aliphatic hydroxyl groups is 2. The summed E-state index contributed by atoms with van der Waals surface area (Å²) in [7, 11) is 3.12. The minimum atomic E-state index is -1.35. The highest BCUT2D eigenvalue weighted by Crippen LogP contribution is 2.54. The van der Waals surface area contributed by atoms with Crippen LogP contribution in [0.3, 0.4) is 0 Å². The molecule has 2 aliphatic heterocycles. The van der Waals surface area contributed by atoms with E-state index in [1.54, 1.807) is 87.5 Å². The minimum Gasteiger partial charge on any atom is -0.493 e. The molecule has 82 heavy (non-hydrogen) atoms. The van der Waals surface area contributed by atoms with E-state index in [0.717, 1.165) is 62.5 Å². The number of carbonyl (C=O) groups excluding carboxylic acids is 2. The summed E-state index contributed by atoms with van der Waals surface area (Å²) in [4.78, 5) is 36.6. The number of pyridine rings is 2. The Morgan fingerprint density at radius 1 is 0.610 bits per heavy atom. The van der Waals surface area contributed by atoms with Crippen LogP contribution in [0.15, 0.2) is 110 Å². The summed E-state index contributed by atoms with van der Waals surface area (Å²) in [6.45, 7) is 4.47. The highest BCUT2D eigenvalue weighted by Gasteiger charge is 2.50. The second-order valence-corrected chi connectivity index (χ2v) is 23.2. The van der Waals surface area contributed by atoms with Gasteiger partial charge in [-0.3, -0.25) is 9.59 Å². The molecule has 4 N–H and O–H groups in total. The Morgan fingerprint density at radius 2 is 1.04 bits per heavy atom. The normalized spacial score (nSPS) is 21.1. The second kappa shape index (κ2) is 21.5. The highest BCUT2D eigenvalue weighted by molar-refractivity contribution is 5.97. The Bertz CT molecular complexity index is 3550. The molecule has 7 aromatic rings. The quantitative estimate of drug-likeness (QED) is 0.0571. The molecule has 3 aromatic heterocycles. The summed E-state index contributed by atoms with van der Waals surface area (Å²) < 4.78 is 64.3. The molecule has 0 spiro atoms. The van der Waals surface area contributed by atoms with Crippen LogP contribution in [-0.2, 0) is 22.3 Å². The number of halogens is 2. The Labute approximate surface area is 473 Å². The van der Waals surface area contributed by atoms with Gasteiger partial charge in [-0.25, -0.2) is 18.7 Å². The number of fused-ring (bicyclic) bond motifs is 2. The van der Waals surface area contributed by atoms with Crippen LogP contribution in [0.25, 0.3) is 22.5 Å². The van der Waals surface area contributed by atoms with E-state index < -0.39 is 22.3 Å². The number of ketones is 2. The first-order chi connectivity index (χ1) is 39.5. The van der Waals surface area contributed by atoms with Crippen LogP contribution in [0.1, 0.15) is 134 Å². The number of rotatable bonds is 21. The summed E-state index contributed by atoms with van der Waals surface area (Å²) in [6.07, 6.45) is 11.8. The first-order valence-corrected chi connectivity index (χ1v) is 28.2. The van der Waals surface area contributed by atoms with Crippen molar-refractivity contribution in [3.8, 4) is 57.0 Å². The molecule has 4 atom stereocenters. The van der Waals surface area contributed by atoms with Crippen LogP contribution < -0.4 is 34.2 Å². The molecular formula is C64H66F2N6O10. The van der Waals surface area contributed by atoms with E-state index in [0.29, 0.717) is 86.1 Å². The average Bonchev–Trinajstić information content (AvgIpc) is 3.32. The number of aromatic nitrogens is 5. The van der Waals surface area contributed by atoms with Crippen LogP contribution in [0.4, 0.5) is 8.78 Å². The van der Waals surface area contributed by atoms with Crippen LogP contribution >= 0.6 is 0 Å². The number of hydrogen-bond donors (Lipinski definition) is 3. The van der Waals surface area contributed by atoms with E-state index in [-0.39, 0.29) is 79.5 Å². The third kappa shape index (κ3) is 10.9. The van der Waals surface area contributed by atoms with Gasteiger partial charge in [-0.15, -0.1) is 10.2 Å². The van der Waals surface area contributed by atoms with Gasteiger partial charge in [0.25, 0.3) is 0 Å². The lowest BCUT2D eigenvalue weighted by atomic mass is 9.83. The summed E-state index contributed by atoms with van der Waals surface area (Å²) in [5, 5.41) is 32.4. The molecule has 0 bridgehead atoms. The maximum Gasteiger partial charge on any atom is 0.163 e. The maximum atomic E-state index is 13.9. The fourth-order valence-electron chi connectivity index (χ4n) is 11.2. The van der Waals surface area contributed by atoms with Gasteiger partial charge in [-0.1, -0.05) is 0 Å². The van der Waals surface area contributed by atoms with E-state index in [1.807, 2.05) is 30.5 Å². The number of nitrogens with two attached hydrogens (primary N) is 1. The van der Waals surface area contributed by atoms with Gasteiger partial charge in [0.1, 0.15) is 65.6 Å². The summed E-state index contributed by atoms with van der Waals surface area (Å²) in [5.41, 5.74) is 8.32. The fourth-order valence-corrected chi connectivity index (χ4v) is 11.2. The van der Waals surface area contributed by atoms with Gasteiger partial charge in [0.2, 0.25) is 0 Å². The lowest BCUT2D eigenvalue weighted by Gasteiger charge is -2.30. The molecule has 0 unspecified atom stereocenters. The van der Waals surface area contributed by atoms with Crippen LogP contribution in [0, 0.1) is 23.5 Å². The average molecular weight is 1120 g/mol. The molecule has 0 radical (unpaired) electrons. The molecule has 4 saturated carbocycles. The monoisotopic (exact) mass is 1120 g/mol. The molecule has 4 aliphatic carbocycles. The van der Waals surface area contributed by atoms with Crippen LogP contribution in [-0.4, -0.2) is 86.2 Å². The first kappa shape index (κ1) is 54.8. The smallest absolute Gasteiger partial charge is 0.163 e. The molecule has 5 heterocycles. The zero-order valence-corrected chi connectivity index (χ0v) is 46.3. The number of carbonyl (C=O) groups is 2. The Kier molecular flexibility index (Phi) is 14.4. The van der Waals surface area contributed by atoms with E-state index in [9.17, 15) is 28.6 Å². The van der Waals surface area contributed by atoms with Crippen molar-refractivity contribution in [2.24, 2.45) is 17.6 Å². The highest BCUT2D eigenvalue weighted by atomic mass is 19.1. The van der Waals surface area contributed by atoms with Crippen molar-refractivity contribution in [3.05, 3.63) is 155 Å². The van der Waals surface area contributed by atoms with Crippen molar-refractivity contribution in [3.63, 3.8) is 0 Å². The molecule has 16 nitrogen and oxygen atoms in total. The van der Waals surface area contributed by atoms with E-state index in [4.69, 9.17) is 44.1 Å². The summed E-state index contributed by atoms with van der Waals surface area (Å²) in [5.74, 6) is 2.45. The lowest BCUT2D eigenvalue weighted by Crippen LogP contribution is -2.35. The number of hydrogen-bond acceptors (Lipinski definition) is 15. The van der Waals surface area contributed by atoms with Crippen molar-refractivity contribution < 1.29 is 57.0 Å². The number of ether oxygens (including phenoxy) is 6. The van der Waals surface area contributed by atoms with Crippen molar-refractivity contribution in [2.45, 2.75) is 125 Å². The molecular weight excluding hydrogens is 1050 g/mol. The minimum absolute atomic E-state index is 0.0212. The molecule has 0 amide bonds. The molecule has 0 saturated heterocycles. The van der Waals surface area contributed by atoms with Crippen molar-refractivity contribution in [1.29, 1.82) is 0 Å². The van der Waals surface area contributed by atoms with Gasteiger partial charge in [0, 0.05) is 46.2 Å². The first-order valence-electron chi connectivity index (χ1n) is 28.2. The molecule has 426 valence electrons. The van der Waals surface area contributed by atoms with Gasteiger partial charge in [0.05, 0.1) is 43.4 Å². The van der Waals surface area contributed by atoms with Crippen LogP contribution in [0.5, 0.6) is 34.5 Å². The maximum absolute atomic E-state index is 13.9. The third-order valence-corrected chi connectivity index (χ3v) is 16.8. The third-order valence-electron chi connectivity index (χ3n) is 16.8. The molecule has 6 aliphatic rings. The van der Waals surface area contributed by atoms with Gasteiger partial charge in [-0.05, 0) is 187 Å². The Hall–Kier alpha value is -7.80. The Balaban J connectivity index is 0.000000163. The molecule has 4 fully saturated rings. The topological polar surface area (TPSA) is 212 Å². The van der Waals surface area contributed by atoms with Crippen molar-refractivity contribution >= 4 is 11.6 Å². The number of Topliss-reactive ketones (excluding diaryl/α,β-unsaturated/α-hetero) is 2. The Morgan fingerprint density at radius 3 is 1.46 bits per heavy atom. The number of nitrogens with zero attached hydrogens (tertiary/aromatic N) is 5. The molecule has 18 heteroatoms. The zero-order valence-electron chi connectivity index (χ0n) is 46.3. The van der Waals surface area contributed by atoms with Crippen molar-refractivity contribution in [2.75, 3.05) is 27.4 Å². The largest absolute Gasteiger partial charge is 0.493 e. The molecule has 4 aromatic carbocycles. The fraction of sp³-hybridized carbons (Fsp3) is 0.406. The molecule has 13 rings (SSSR count). The van der Waals surface area contributed by atoms with Gasteiger partial charge < -0.3 is 48.9 Å². The second-order valence-electron chi connectivity index (χ2n) is 23.2. The lowest BCUT2D eigenvalue weighted by molar-refractivity contribution is -0.00129. The standard InChI is InChI=1S/C33H33FN4O5.C31H33FN2O5/c1-32(38-18-35-36-19-38)17-42-31-25(32)16-29(37-30(31)20-3-8-23(34)9-4-20)33(40,22-6-7-22)14-13-26(39)21-5-12-27(28(15-21)41-2)43-24-10-11-24;1-30(33)17-38-29-23(30)16-27(34-28(29)18-3-8-21(32)9-4-18)31(36,20-6-7-20)14-13-24(35)19-5-12-25(26(15-19)37-2)39-22-10-11-22/h3-5,8-9,12,15-16,18-19,22,24,40H,6-7,10-11,13-14,17H2,1-2H3;3-5,8-9,12,15-16,20,22,36H,6-7,10-11,13-14,17,33H2,1-2H3/t32-,33+;30-,31+/m00/s1. The van der Waals surface area contributed by atoms with Gasteiger partial charge in [-0.2, -0.15) is 0 Å². The van der Waals surface area contributed by atoms with E-state index >= 15 is 0 Å².